The Morgan fingerprint density at radius 3 is 1.03 bits per heavy atom. The number of carbonyl (C=O) groups excluding carboxylic acids is 2. The molecule has 0 saturated heterocycles. The standard InChI is InChI=1S/C52H90O7S.Na/c1-3-5-7-9-11-13-15-17-19-21-23-25-27-29-31-33-35-37-39-41-45-58-51(53)49-44-43-48(60(55,56)57)47-50(49)52(54)59-46-42-40-38-36-34-32-30-28-26-24-22-20-18-16-14-12-10-8-6-4-2;/h11-14,43-44,47H,3-10,15-42,45-46H2,1-2H3,(H,55,56,57);/q;+1/p-1/b13-11+,14-12+;. The van der Waals surface area contributed by atoms with Crippen LogP contribution in [-0.4, -0.2) is 38.1 Å². The number of rotatable bonds is 43. The predicted molar refractivity (Wildman–Crippen MR) is 251 cm³/mol. The van der Waals surface area contributed by atoms with Gasteiger partial charge in [0.1, 0.15) is 10.1 Å². The van der Waals surface area contributed by atoms with E-state index in [9.17, 15) is 22.6 Å². The van der Waals surface area contributed by atoms with Gasteiger partial charge in [0.05, 0.1) is 29.2 Å². The first-order valence-electron chi connectivity index (χ1n) is 25.0. The van der Waals surface area contributed by atoms with E-state index in [-0.39, 0.29) is 53.9 Å². The van der Waals surface area contributed by atoms with Gasteiger partial charge in [0.15, 0.2) is 0 Å². The molecule has 0 amide bonds. The van der Waals surface area contributed by atoms with Gasteiger partial charge in [0.25, 0.3) is 0 Å². The minimum atomic E-state index is -4.82. The molecular formula is C52H89NaO7S. The SMILES string of the molecule is CCCCC/C=C/CCCCCCCCCCCCCCCOC(=O)c1ccc(S(=O)(=O)[O-])cc1C(=O)OCCCCCCCCCCCCCCC/C=C/CCCCC.[Na+]. The molecule has 0 aliphatic heterocycles. The molecule has 0 saturated carbocycles. The van der Waals surface area contributed by atoms with Crippen LogP contribution in [0.2, 0.25) is 0 Å². The first-order valence-corrected chi connectivity index (χ1v) is 26.5. The molecule has 61 heavy (non-hydrogen) atoms. The van der Waals surface area contributed by atoms with Gasteiger partial charge in [-0.15, -0.1) is 0 Å². The first kappa shape index (κ1) is 59.5. The third-order valence-corrected chi connectivity index (χ3v) is 12.3. The van der Waals surface area contributed by atoms with E-state index >= 15 is 0 Å². The fraction of sp³-hybridized carbons (Fsp3) is 0.769. The van der Waals surface area contributed by atoms with Gasteiger partial charge in [-0.25, -0.2) is 18.0 Å². The third-order valence-electron chi connectivity index (χ3n) is 11.5. The molecule has 0 fully saturated rings. The number of carbonyl (C=O) groups is 2. The third kappa shape index (κ3) is 36.6. The average Bonchev–Trinajstić information content (AvgIpc) is 3.24. The van der Waals surface area contributed by atoms with Gasteiger partial charge >= 0.3 is 41.5 Å². The van der Waals surface area contributed by atoms with Gasteiger partial charge in [0.2, 0.25) is 0 Å². The van der Waals surface area contributed by atoms with Gasteiger partial charge in [-0.05, 0) is 82.4 Å². The van der Waals surface area contributed by atoms with Crippen molar-refractivity contribution in [2.45, 2.75) is 250 Å². The molecule has 0 aliphatic rings. The van der Waals surface area contributed by atoms with E-state index in [1.165, 1.54) is 192 Å². The number of hydrogen-bond acceptors (Lipinski definition) is 7. The molecule has 1 rings (SSSR count). The summed E-state index contributed by atoms with van der Waals surface area (Å²) in [5.41, 5.74) is -0.332. The minimum Gasteiger partial charge on any atom is -0.744 e. The number of allylic oxidation sites excluding steroid dienone is 4. The number of esters is 2. The quantitative estimate of drug-likeness (QED) is 0.0211. The Kier molecular flexibility index (Phi) is 42.7. The largest absolute Gasteiger partial charge is 1.00 e. The average molecular weight is 881 g/mol. The van der Waals surface area contributed by atoms with Crippen LogP contribution in [0.3, 0.4) is 0 Å². The van der Waals surface area contributed by atoms with Crippen molar-refractivity contribution in [2.75, 3.05) is 13.2 Å². The van der Waals surface area contributed by atoms with Gasteiger partial charge < -0.3 is 14.0 Å². The van der Waals surface area contributed by atoms with E-state index in [0.29, 0.717) is 12.8 Å². The molecule has 0 atom stereocenters. The van der Waals surface area contributed by atoms with Crippen LogP contribution in [0.15, 0.2) is 47.4 Å². The molecule has 0 unspecified atom stereocenters. The smallest absolute Gasteiger partial charge is 0.744 e. The van der Waals surface area contributed by atoms with Gasteiger partial charge in [-0.1, -0.05) is 205 Å². The summed E-state index contributed by atoms with van der Waals surface area (Å²) in [6.07, 6.45) is 53.6. The van der Waals surface area contributed by atoms with Crippen molar-refractivity contribution in [1.82, 2.24) is 0 Å². The molecule has 0 N–H and O–H groups in total. The maximum atomic E-state index is 13.0. The Balaban J connectivity index is 0.0000360. The van der Waals surface area contributed by atoms with Crippen LogP contribution < -0.4 is 29.6 Å². The van der Waals surface area contributed by atoms with E-state index in [0.717, 1.165) is 44.2 Å². The van der Waals surface area contributed by atoms with Gasteiger partial charge in [-0.3, -0.25) is 0 Å². The summed E-state index contributed by atoms with van der Waals surface area (Å²) in [6.45, 7) is 4.87. The van der Waals surface area contributed by atoms with Crippen molar-refractivity contribution in [3.05, 3.63) is 53.6 Å². The van der Waals surface area contributed by atoms with Crippen LogP contribution in [0.1, 0.15) is 266 Å². The summed E-state index contributed by atoms with van der Waals surface area (Å²) in [5.74, 6) is -1.54. The molecular weight excluding hydrogens is 792 g/mol. The summed E-state index contributed by atoms with van der Waals surface area (Å²) >= 11 is 0. The summed E-state index contributed by atoms with van der Waals surface area (Å²) in [6, 6.07) is 3.16. The second-order valence-corrected chi connectivity index (χ2v) is 18.5. The zero-order valence-corrected chi connectivity index (χ0v) is 42.5. The Morgan fingerprint density at radius 1 is 0.443 bits per heavy atom. The second-order valence-electron chi connectivity index (χ2n) is 17.1. The molecule has 0 spiro atoms. The van der Waals surface area contributed by atoms with Crippen LogP contribution >= 0.6 is 0 Å². The van der Waals surface area contributed by atoms with Crippen LogP contribution in [0.25, 0.3) is 0 Å². The molecule has 1 aromatic carbocycles. The number of unbranched alkanes of at least 4 members (excludes halogenated alkanes) is 32. The van der Waals surface area contributed by atoms with Crippen molar-refractivity contribution in [1.29, 1.82) is 0 Å². The van der Waals surface area contributed by atoms with Crippen molar-refractivity contribution >= 4 is 22.1 Å². The zero-order valence-electron chi connectivity index (χ0n) is 39.7. The Hall–Kier alpha value is -1.45. The fourth-order valence-corrected chi connectivity index (χ4v) is 8.12. The van der Waals surface area contributed by atoms with Crippen molar-refractivity contribution < 1.29 is 61.6 Å². The number of ether oxygens (including phenoxy) is 2. The van der Waals surface area contributed by atoms with Gasteiger partial charge in [-0.2, -0.15) is 0 Å². The topological polar surface area (TPSA) is 110 Å². The first-order chi connectivity index (χ1) is 29.3. The molecule has 0 radical (unpaired) electrons. The molecule has 0 heterocycles. The monoisotopic (exact) mass is 881 g/mol. The fourth-order valence-electron chi connectivity index (χ4n) is 7.62. The Bertz CT molecular complexity index is 1340. The van der Waals surface area contributed by atoms with Crippen molar-refractivity contribution in [3.8, 4) is 0 Å². The van der Waals surface area contributed by atoms with Gasteiger partial charge in [0, 0.05) is 0 Å². The van der Waals surface area contributed by atoms with Crippen LogP contribution in [0.5, 0.6) is 0 Å². The van der Waals surface area contributed by atoms with E-state index in [1.54, 1.807) is 0 Å². The normalized spacial score (nSPS) is 11.7. The van der Waals surface area contributed by atoms with E-state index in [1.807, 2.05) is 0 Å². The van der Waals surface area contributed by atoms with E-state index in [2.05, 4.69) is 38.2 Å². The Morgan fingerprint density at radius 2 is 0.721 bits per heavy atom. The molecule has 0 aromatic heterocycles. The number of hydrogen-bond donors (Lipinski definition) is 0. The Labute approximate surface area is 397 Å². The number of benzene rings is 1. The molecule has 1 aromatic rings. The summed E-state index contributed by atoms with van der Waals surface area (Å²) in [4.78, 5) is 25.3. The van der Waals surface area contributed by atoms with Crippen LogP contribution in [0.4, 0.5) is 0 Å². The maximum absolute atomic E-state index is 13.0. The summed E-state index contributed by atoms with van der Waals surface area (Å²) < 4.78 is 45.9. The summed E-state index contributed by atoms with van der Waals surface area (Å²) in [7, 11) is -4.82. The maximum Gasteiger partial charge on any atom is 1.00 e. The molecule has 0 aliphatic carbocycles. The van der Waals surface area contributed by atoms with Crippen molar-refractivity contribution in [2.24, 2.45) is 0 Å². The zero-order chi connectivity index (χ0) is 43.6. The molecule has 9 heteroatoms. The second kappa shape index (κ2) is 43.8. The predicted octanol–water partition coefficient (Wildman–Crippen LogP) is 13.1. The molecule has 0 bridgehead atoms. The van der Waals surface area contributed by atoms with Crippen molar-refractivity contribution in [3.63, 3.8) is 0 Å². The minimum absolute atomic E-state index is 0. The van der Waals surface area contributed by atoms with Crippen LogP contribution in [0, 0.1) is 0 Å². The van der Waals surface area contributed by atoms with E-state index < -0.39 is 27.0 Å². The van der Waals surface area contributed by atoms with E-state index in [4.69, 9.17) is 9.47 Å². The molecule has 346 valence electrons. The summed E-state index contributed by atoms with van der Waals surface area (Å²) in [5, 5.41) is 0. The molecule has 7 nitrogen and oxygen atoms in total. The van der Waals surface area contributed by atoms with Crippen LogP contribution in [-0.2, 0) is 19.6 Å².